The highest BCUT2D eigenvalue weighted by Gasteiger charge is 2.42. The molecular formula is C52H75N9O16. The Balaban J connectivity index is 1.17. The molecule has 2 saturated heterocycles. The fourth-order valence-corrected chi connectivity index (χ4v) is 10.4. The van der Waals surface area contributed by atoms with Crippen LogP contribution in [0.25, 0.3) is 10.8 Å². The third-order valence-corrected chi connectivity index (χ3v) is 14.8. The maximum absolute atomic E-state index is 14.1. The van der Waals surface area contributed by atoms with Crippen LogP contribution in [-0.2, 0) is 49.6 Å². The number of carboxylic acids is 6. The van der Waals surface area contributed by atoms with Gasteiger partial charge in [-0.2, -0.15) is 0 Å². The van der Waals surface area contributed by atoms with E-state index in [9.17, 15) is 73.5 Å². The molecule has 77 heavy (non-hydrogen) atoms. The summed E-state index contributed by atoms with van der Waals surface area (Å²) < 4.78 is 0. The van der Waals surface area contributed by atoms with Crippen molar-refractivity contribution in [3.05, 3.63) is 48.0 Å². The molecule has 424 valence electrons. The molecule has 25 heteroatoms. The Labute approximate surface area is 446 Å². The van der Waals surface area contributed by atoms with E-state index in [0.717, 1.165) is 29.2 Å². The molecule has 3 atom stereocenters. The Morgan fingerprint density at radius 3 is 1.60 bits per heavy atom. The first-order chi connectivity index (χ1) is 36.7. The Morgan fingerprint density at radius 2 is 1.08 bits per heavy atom. The average molecular weight is 1080 g/mol. The van der Waals surface area contributed by atoms with E-state index in [1.54, 1.807) is 14.7 Å². The third-order valence-electron chi connectivity index (χ3n) is 14.8. The van der Waals surface area contributed by atoms with Crippen LogP contribution in [0.15, 0.2) is 42.5 Å². The van der Waals surface area contributed by atoms with Crippen LogP contribution in [0.3, 0.4) is 0 Å². The van der Waals surface area contributed by atoms with Gasteiger partial charge in [0.05, 0.1) is 26.2 Å². The number of likely N-dealkylation sites (tertiary alicyclic amines) is 1. The molecule has 2 aromatic rings. The van der Waals surface area contributed by atoms with Crippen LogP contribution < -0.4 is 21.3 Å². The van der Waals surface area contributed by atoms with Crippen LogP contribution >= 0.6 is 0 Å². The zero-order valence-corrected chi connectivity index (χ0v) is 43.4. The number of nitrogens with one attached hydrogen (secondary N) is 4. The molecule has 1 aliphatic carbocycles. The number of amides is 5. The van der Waals surface area contributed by atoms with E-state index in [1.165, 1.54) is 0 Å². The summed E-state index contributed by atoms with van der Waals surface area (Å²) >= 11 is 0. The number of piperidine rings is 1. The van der Waals surface area contributed by atoms with Gasteiger partial charge in [0.2, 0.25) is 17.7 Å². The number of nitrogens with zero attached hydrogens (tertiary/aromatic N) is 5. The smallest absolute Gasteiger partial charge is 0.326 e. The molecule has 1 spiro atoms. The van der Waals surface area contributed by atoms with E-state index >= 15 is 0 Å². The molecule has 0 unspecified atom stereocenters. The summed E-state index contributed by atoms with van der Waals surface area (Å²) in [5, 5.41) is 68.8. The van der Waals surface area contributed by atoms with Gasteiger partial charge in [-0.15, -0.1) is 0 Å². The second-order valence-electron chi connectivity index (χ2n) is 20.5. The quantitative estimate of drug-likeness (QED) is 0.0605. The van der Waals surface area contributed by atoms with Crippen molar-refractivity contribution in [2.75, 3.05) is 98.2 Å². The van der Waals surface area contributed by atoms with E-state index in [-0.39, 0.29) is 108 Å². The SMILES string of the molecule is O=C(O)CC[C@H](NC(=O)N[C@@H](CCCCNC(=O)[C@H](Cc1ccc2ccccc2c1)NC(=O)C1CCC2(CCCN(C(=O)CN3CCN(CC(=O)O)CCN(CC(=O)O)CCN(CC(=O)O)CC3)C2)CC1)C(=O)O)C(=O)O. The van der Waals surface area contributed by atoms with Gasteiger partial charge in [-0.05, 0) is 86.0 Å². The minimum absolute atomic E-state index is 0.0306. The van der Waals surface area contributed by atoms with Crippen molar-refractivity contribution in [2.45, 2.75) is 95.2 Å². The van der Waals surface area contributed by atoms with E-state index in [0.29, 0.717) is 58.3 Å². The van der Waals surface area contributed by atoms with Gasteiger partial charge in [0.15, 0.2) is 0 Å². The molecule has 5 rings (SSSR count). The fourth-order valence-electron chi connectivity index (χ4n) is 10.4. The molecule has 0 bridgehead atoms. The molecule has 10 N–H and O–H groups in total. The number of aliphatic carboxylic acids is 6. The number of rotatable bonds is 25. The summed E-state index contributed by atoms with van der Waals surface area (Å²) in [5.41, 5.74) is 0.585. The highest BCUT2D eigenvalue weighted by atomic mass is 16.4. The second kappa shape index (κ2) is 30.1. The van der Waals surface area contributed by atoms with Crippen LogP contribution in [0.5, 0.6) is 0 Å². The van der Waals surface area contributed by atoms with E-state index < -0.39 is 84.6 Å². The van der Waals surface area contributed by atoms with Gasteiger partial charge in [0.1, 0.15) is 18.1 Å². The van der Waals surface area contributed by atoms with Crippen LogP contribution in [0.4, 0.5) is 4.79 Å². The summed E-state index contributed by atoms with van der Waals surface area (Å²) in [5.74, 6) is -8.48. The van der Waals surface area contributed by atoms with Crippen LogP contribution in [0, 0.1) is 11.3 Å². The number of benzene rings is 2. The first-order valence-corrected chi connectivity index (χ1v) is 26.3. The number of hydrogen-bond donors (Lipinski definition) is 10. The molecule has 3 aliphatic rings. The zero-order valence-electron chi connectivity index (χ0n) is 43.4. The van der Waals surface area contributed by atoms with Crippen LogP contribution in [0.1, 0.15) is 76.2 Å². The number of carbonyl (C=O) groups excluding carboxylic acids is 4. The number of urea groups is 1. The molecule has 3 fully saturated rings. The van der Waals surface area contributed by atoms with Gasteiger partial charge < -0.3 is 56.8 Å². The number of carboxylic acid groups (broad SMARTS) is 6. The summed E-state index contributed by atoms with van der Waals surface area (Å²) in [4.78, 5) is 133. The fraction of sp³-hybridized carbons (Fsp3) is 0.615. The second-order valence-corrected chi connectivity index (χ2v) is 20.5. The van der Waals surface area contributed by atoms with Gasteiger partial charge in [0, 0.05) is 90.8 Å². The molecule has 0 radical (unpaired) electrons. The predicted octanol–water partition coefficient (Wildman–Crippen LogP) is 0.498. The molecule has 25 nitrogen and oxygen atoms in total. The first kappa shape index (κ1) is 60.9. The lowest BCUT2D eigenvalue weighted by molar-refractivity contribution is -0.141. The molecule has 2 heterocycles. The largest absolute Gasteiger partial charge is 0.481 e. The zero-order chi connectivity index (χ0) is 56.1. The number of hydrogen-bond acceptors (Lipinski definition) is 14. The lowest BCUT2D eigenvalue weighted by atomic mass is 9.66. The maximum atomic E-state index is 14.1. The maximum Gasteiger partial charge on any atom is 0.326 e. The third kappa shape index (κ3) is 20.8. The van der Waals surface area contributed by atoms with Gasteiger partial charge >= 0.3 is 41.8 Å². The van der Waals surface area contributed by atoms with Gasteiger partial charge in [-0.3, -0.25) is 53.2 Å². The normalized spacial score (nSPS) is 20.6. The van der Waals surface area contributed by atoms with Gasteiger partial charge in [0.25, 0.3) is 0 Å². The molecular weight excluding hydrogens is 1010 g/mol. The van der Waals surface area contributed by atoms with Crippen molar-refractivity contribution < 1.29 is 78.6 Å². The molecule has 1 saturated carbocycles. The van der Waals surface area contributed by atoms with Crippen molar-refractivity contribution >= 4 is 70.3 Å². The average Bonchev–Trinajstić information content (AvgIpc) is 3.37. The molecule has 0 aromatic heterocycles. The monoisotopic (exact) mass is 1080 g/mol. The predicted molar refractivity (Wildman–Crippen MR) is 277 cm³/mol. The molecule has 2 aromatic carbocycles. The Morgan fingerprint density at radius 1 is 0.558 bits per heavy atom. The lowest BCUT2D eigenvalue weighted by Gasteiger charge is -2.47. The number of fused-ring (bicyclic) bond motifs is 1. The summed E-state index contributed by atoms with van der Waals surface area (Å²) in [6, 6.07) is 8.53. The van der Waals surface area contributed by atoms with Gasteiger partial charge in [-0.25, -0.2) is 14.4 Å². The van der Waals surface area contributed by atoms with Crippen molar-refractivity contribution in [1.82, 2.24) is 45.8 Å². The van der Waals surface area contributed by atoms with Gasteiger partial charge in [-0.1, -0.05) is 42.5 Å². The minimum Gasteiger partial charge on any atom is -0.481 e. The molecule has 5 amide bonds. The lowest BCUT2D eigenvalue weighted by Crippen LogP contribution is -2.53. The Bertz CT molecular complexity index is 2370. The van der Waals surface area contributed by atoms with Crippen molar-refractivity contribution in [3.63, 3.8) is 0 Å². The highest BCUT2D eigenvalue weighted by Crippen LogP contribution is 2.45. The van der Waals surface area contributed by atoms with Crippen molar-refractivity contribution in [1.29, 1.82) is 0 Å². The van der Waals surface area contributed by atoms with E-state index in [2.05, 4.69) is 21.3 Å². The number of carbonyl (C=O) groups is 10. The molecule has 2 aliphatic heterocycles. The minimum atomic E-state index is -1.55. The first-order valence-electron chi connectivity index (χ1n) is 26.3. The van der Waals surface area contributed by atoms with Crippen molar-refractivity contribution in [2.24, 2.45) is 11.3 Å². The summed E-state index contributed by atoms with van der Waals surface area (Å²) in [7, 11) is 0. The Kier molecular flexibility index (Phi) is 23.8. The topological polar surface area (TPSA) is 356 Å². The van der Waals surface area contributed by atoms with Crippen molar-refractivity contribution in [3.8, 4) is 0 Å². The highest BCUT2D eigenvalue weighted by molar-refractivity contribution is 5.90. The standard InChI is InChI=1S/C52H75N9O16/c62-42(30-57-20-22-58(31-44(65)66)24-26-60(33-46(69)70)27-25-59(23-21-57)32-45(67)68)61-19-5-15-52(34-61)16-13-37(14-17-52)47(71)54-41(29-35-9-10-36-6-1-2-7-38(36)28-35)48(72)53-18-4-3-8-39(49(73)74)55-51(77)56-40(50(75)76)11-12-43(63)64/h1-2,6-7,9-10,28,37,39-41H,3-5,8,11-27,29-34H2,(H,53,72)(H,54,71)(H,63,64)(H,65,66)(H,67,68)(H,69,70)(H,73,74)(H,75,76)(H2,55,56,77)/t37?,39-,40-,41-,52?/m0/s1. The Hall–Kier alpha value is -6.96. The van der Waals surface area contributed by atoms with Crippen LogP contribution in [-0.4, -0.2) is 231 Å². The van der Waals surface area contributed by atoms with E-state index in [4.69, 9.17) is 5.11 Å². The van der Waals surface area contributed by atoms with Crippen LogP contribution in [0.2, 0.25) is 0 Å². The van der Waals surface area contributed by atoms with E-state index in [1.807, 2.05) is 52.3 Å². The summed E-state index contributed by atoms with van der Waals surface area (Å²) in [6.45, 7) is 2.61. The number of unbranched alkanes of at least 4 members (excludes halogenated alkanes) is 1. The summed E-state index contributed by atoms with van der Waals surface area (Å²) in [6.07, 6.45) is 3.72.